The maximum absolute atomic E-state index is 10.8. The minimum absolute atomic E-state index is 0.0305. The first-order valence-electron chi connectivity index (χ1n) is 11.9. The van der Waals surface area contributed by atoms with E-state index in [0.29, 0.717) is 5.75 Å². The molecule has 0 saturated heterocycles. The molecule has 0 bridgehead atoms. The normalized spacial score (nSPS) is 12.5. The molecule has 0 aliphatic carbocycles. The second-order valence-electron chi connectivity index (χ2n) is 10.8. The summed E-state index contributed by atoms with van der Waals surface area (Å²) in [6, 6.07) is 4.50. The van der Waals surface area contributed by atoms with Crippen molar-refractivity contribution in [1.82, 2.24) is 0 Å². The molecule has 1 N–H and O–H groups in total. The van der Waals surface area contributed by atoms with Gasteiger partial charge in [0.25, 0.3) is 0 Å². The molecule has 0 saturated carbocycles. The van der Waals surface area contributed by atoms with Crippen LogP contribution in [-0.2, 0) is 17.3 Å². The van der Waals surface area contributed by atoms with Crippen molar-refractivity contribution in [2.24, 2.45) is 0 Å². The summed E-state index contributed by atoms with van der Waals surface area (Å²) in [6.45, 7) is 15.5. The van der Waals surface area contributed by atoms with Crippen molar-refractivity contribution in [3.05, 3.63) is 28.8 Å². The zero-order valence-electron chi connectivity index (χ0n) is 20.1. The Morgan fingerprint density at radius 3 is 1.32 bits per heavy atom. The number of hydrogen-bond donors (Lipinski definition) is 1. The van der Waals surface area contributed by atoms with Crippen molar-refractivity contribution < 1.29 is 5.11 Å². The van der Waals surface area contributed by atoms with Crippen molar-refractivity contribution in [1.29, 1.82) is 0 Å². The van der Waals surface area contributed by atoms with Gasteiger partial charge in [-0.15, -0.1) is 0 Å². The highest BCUT2D eigenvalue weighted by atomic mass is 16.3. The number of rotatable bonds is 12. The van der Waals surface area contributed by atoms with Crippen LogP contribution in [0.15, 0.2) is 12.1 Å². The van der Waals surface area contributed by atoms with E-state index in [9.17, 15) is 5.11 Å². The Morgan fingerprint density at radius 2 is 0.964 bits per heavy atom. The molecule has 1 rings (SSSR count). The summed E-state index contributed by atoms with van der Waals surface area (Å²) in [4.78, 5) is 0. The summed E-state index contributed by atoms with van der Waals surface area (Å²) in [7, 11) is 0. The molecule has 0 spiro atoms. The molecule has 0 heterocycles. The first kappa shape index (κ1) is 25.1. The predicted molar refractivity (Wildman–Crippen MR) is 126 cm³/mol. The third-order valence-electron chi connectivity index (χ3n) is 5.85. The molecule has 0 aromatic heterocycles. The second kappa shape index (κ2) is 11.9. The van der Waals surface area contributed by atoms with Crippen LogP contribution in [0.5, 0.6) is 5.75 Å². The molecule has 0 unspecified atom stereocenters. The molecule has 0 radical (unpaired) electrons. The average molecular weight is 389 g/mol. The monoisotopic (exact) mass is 388 g/mol. The van der Waals surface area contributed by atoms with E-state index in [2.05, 4.69) is 60.6 Å². The lowest BCUT2D eigenvalue weighted by atomic mass is 9.78. The molecule has 0 aliphatic heterocycles. The molecule has 0 atom stereocenters. The van der Waals surface area contributed by atoms with E-state index in [-0.39, 0.29) is 10.8 Å². The van der Waals surface area contributed by atoms with Gasteiger partial charge >= 0.3 is 0 Å². The van der Waals surface area contributed by atoms with Crippen molar-refractivity contribution in [3.8, 4) is 5.75 Å². The van der Waals surface area contributed by atoms with Gasteiger partial charge < -0.3 is 5.11 Å². The molecule has 1 heteroatoms. The largest absolute Gasteiger partial charge is 0.507 e. The molecular formula is C27H48O. The Morgan fingerprint density at radius 1 is 0.607 bits per heavy atom. The second-order valence-corrected chi connectivity index (χ2v) is 10.8. The van der Waals surface area contributed by atoms with Gasteiger partial charge in [-0.25, -0.2) is 0 Å². The molecule has 0 fully saturated rings. The summed E-state index contributed by atoms with van der Waals surface area (Å²) in [6.07, 6.45) is 16.3. The number of aryl methyl sites for hydroxylation is 1. The van der Waals surface area contributed by atoms with E-state index < -0.39 is 0 Å². The minimum atomic E-state index is -0.0305. The van der Waals surface area contributed by atoms with Crippen LogP contribution < -0.4 is 0 Å². The van der Waals surface area contributed by atoms with Gasteiger partial charge in [-0.05, 0) is 40.4 Å². The Balaban J connectivity index is 2.46. The van der Waals surface area contributed by atoms with Gasteiger partial charge in [-0.1, -0.05) is 125 Å². The zero-order chi connectivity index (χ0) is 21.2. The Bertz CT molecular complexity index is 522. The third-order valence-corrected chi connectivity index (χ3v) is 5.85. The number of hydrogen-bond acceptors (Lipinski definition) is 1. The summed E-state index contributed by atoms with van der Waals surface area (Å²) in [5, 5.41) is 10.8. The van der Waals surface area contributed by atoms with E-state index in [1.54, 1.807) is 0 Å². The minimum Gasteiger partial charge on any atom is -0.507 e. The highest BCUT2D eigenvalue weighted by Gasteiger charge is 2.26. The first-order valence-corrected chi connectivity index (χ1v) is 11.9. The smallest absolute Gasteiger partial charge is 0.123 e. The Labute approximate surface area is 176 Å². The highest BCUT2D eigenvalue weighted by Crippen LogP contribution is 2.40. The standard InChI is InChI=1S/C27H48O/c1-8-9-10-11-12-13-14-15-16-17-18-19-22-20-23(26(2,3)4)25(28)24(21-22)27(5,6)7/h20-21,28H,8-19H2,1-7H3. The molecule has 1 aromatic rings. The summed E-state index contributed by atoms with van der Waals surface area (Å²) < 4.78 is 0. The Hall–Kier alpha value is -0.980. The zero-order valence-corrected chi connectivity index (χ0v) is 20.1. The lowest BCUT2D eigenvalue weighted by Crippen LogP contribution is -2.18. The van der Waals surface area contributed by atoms with Crippen LogP contribution in [0, 0.1) is 0 Å². The van der Waals surface area contributed by atoms with Crippen LogP contribution in [0.2, 0.25) is 0 Å². The van der Waals surface area contributed by atoms with Crippen LogP contribution in [0.4, 0.5) is 0 Å². The van der Waals surface area contributed by atoms with Gasteiger partial charge in [-0.3, -0.25) is 0 Å². The van der Waals surface area contributed by atoms with E-state index in [0.717, 1.165) is 17.5 Å². The third kappa shape index (κ3) is 9.01. The number of benzene rings is 1. The summed E-state index contributed by atoms with van der Waals surface area (Å²) in [5.41, 5.74) is 3.52. The molecule has 28 heavy (non-hydrogen) atoms. The van der Waals surface area contributed by atoms with Crippen LogP contribution in [0.1, 0.15) is 136 Å². The van der Waals surface area contributed by atoms with E-state index >= 15 is 0 Å². The van der Waals surface area contributed by atoms with Crippen molar-refractivity contribution in [2.45, 2.75) is 136 Å². The van der Waals surface area contributed by atoms with Crippen LogP contribution >= 0.6 is 0 Å². The van der Waals surface area contributed by atoms with E-state index in [1.165, 1.54) is 76.2 Å². The Kier molecular flexibility index (Phi) is 10.6. The van der Waals surface area contributed by atoms with Crippen molar-refractivity contribution >= 4 is 0 Å². The van der Waals surface area contributed by atoms with Crippen molar-refractivity contribution in [3.63, 3.8) is 0 Å². The quantitative estimate of drug-likeness (QED) is 0.354. The van der Waals surface area contributed by atoms with Crippen LogP contribution in [0.25, 0.3) is 0 Å². The van der Waals surface area contributed by atoms with E-state index in [1.807, 2.05) is 0 Å². The molecule has 162 valence electrons. The van der Waals surface area contributed by atoms with Gasteiger partial charge in [0.05, 0.1) is 0 Å². The van der Waals surface area contributed by atoms with Crippen molar-refractivity contribution in [2.75, 3.05) is 0 Å². The summed E-state index contributed by atoms with van der Waals surface area (Å²) in [5.74, 6) is 0.502. The van der Waals surface area contributed by atoms with Gasteiger partial charge in [0.1, 0.15) is 5.75 Å². The maximum Gasteiger partial charge on any atom is 0.123 e. The number of unbranched alkanes of at least 4 members (excludes halogenated alkanes) is 10. The van der Waals surface area contributed by atoms with Gasteiger partial charge in [0.15, 0.2) is 0 Å². The number of phenolic OH excluding ortho intramolecular Hbond substituents is 1. The van der Waals surface area contributed by atoms with Gasteiger partial charge in [0, 0.05) is 0 Å². The van der Waals surface area contributed by atoms with Gasteiger partial charge in [0.2, 0.25) is 0 Å². The maximum atomic E-state index is 10.8. The molecule has 1 nitrogen and oxygen atoms in total. The van der Waals surface area contributed by atoms with Gasteiger partial charge in [-0.2, -0.15) is 0 Å². The lowest BCUT2D eigenvalue weighted by Gasteiger charge is -2.28. The molecular weight excluding hydrogens is 340 g/mol. The van der Waals surface area contributed by atoms with E-state index in [4.69, 9.17) is 0 Å². The molecule has 0 aliphatic rings. The molecule has 0 amide bonds. The topological polar surface area (TPSA) is 20.2 Å². The fourth-order valence-corrected chi connectivity index (χ4v) is 3.98. The molecule has 1 aromatic carbocycles. The van der Waals surface area contributed by atoms with Crippen LogP contribution in [-0.4, -0.2) is 5.11 Å². The first-order chi connectivity index (χ1) is 13.1. The predicted octanol–water partition coefficient (Wildman–Crippen LogP) is 8.84. The lowest BCUT2D eigenvalue weighted by molar-refractivity contribution is 0.422. The number of aromatic hydroxyl groups is 1. The fourth-order valence-electron chi connectivity index (χ4n) is 3.98. The highest BCUT2D eigenvalue weighted by molar-refractivity contribution is 5.49. The fraction of sp³-hybridized carbons (Fsp3) is 0.778. The van der Waals surface area contributed by atoms with Crippen LogP contribution in [0.3, 0.4) is 0 Å². The number of phenols is 1. The SMILES string of the molecule is CCCCCCCCCCCCCc1cc(C(C)(C)C)c(O)c(C(C)(C)C)c1. The average Bonchev–Trinajstić information content (AvgIpc) is 2.58. The summed E-state index contributed by atoms with van der Waals surface area (Å²) >= 11 is 0.